The van der Waals surface area contributed by atoms with Gasteiger partial charge in [-0.3, -0.25) is 0 Å². The molecular weight excluding hydrogens is 157 g/mol. The van der Waals surface area contributed by atoms with Crippen LogP contribution in [0.1, 0.15) is 0 Å². The van der Waals surface area contributed by atoms with Gasteiger partial charge in [0, 0.05) is 0 Å². The van der Waals surface area contributed by atoms with Crippen molar-refractivity contribution in [2.75, 3.05) is 12.3 Å². The van der Waals surface area contributed by atoms with Crippen molar-refractivity contribution in [3.8, 4) is 5.75 Å². The molecule has 0 saturated heterocycles. The van der Waals surface area contributed by atoms with Crippen molar-refractivity contribution in [2.45, 2.75) is 0 Å². The van der Waals surface area contributed by atoms with Gasteiger partial charge < -0.3 is 10.5 Å². The quantitative estimate of drug-likeness (QED) is 0.551. The van der Waals surface area contributed by atoms with Gasteiger partial charge in [-0.2, -0.15) is 0 Å². The first-order chi connectivity index (χ1) is 5.75. The predicted molar refractivity (Wildman–Crippen MR) is 46.5 cm³/mol. The fourth-order valence-corrected chi connectivity index (χ4v) is 0.820. The van der Waals surface area contributed by atoms with Crippen LogP contribution in [0.5, 0.6) is 5.75 Å². The van der Waals surface area contributed by atoms with E-state index in [1.807, 2.05) is 0 Å². The zero-order chi connectivity index (χ0) is 8.97. The van der Waals surface area contributed by atoms with Gasteiger partial charge in [-0.1, -0.05) is 18.7 Å². The molecule has 0 unspecified atom stereocenters. The molecule has 1 aromatic carbocycles. The Kier molecular flexibility index (Phi) is 2.69. The fourth-order valence-electron chi connectivity index (χ4n) is 0.820. The molecule has 0 bridgehead atoms. The first-order valence-corrected chi connectivity index (χ1v) is 3.53. The molecule has 0 atom stereocenters. The van der Waals surface area contributed by atoms with Gasteiger partial charge in [0.1, 0.15) is 6.61 Å². The summed E-state index contributed by atoms with van der Waals surface area (Å²) >= 11 is 0. The van der Waals surface area contributed by atoms with Crippen LogP contribution in [0.2, 0.25) is 0 Å². The van der Waals surface area contributed by atoms with Gasteiger partial charge in [-0.15, -0.1) is 0 Å². The lowest BCUT2D eigenvalue weighted by molar-refractivity contribution is 0.344. The second kappa shape index (κ2) is 3.76. The smallest absolute Gasteiger partial charge is 0.178 e. The third-order valence-electron chi connectivity index (χ3n) is 1.34. The Morgan fingerprint density at radius 3 is 2.92 bits per heavy atom. The van der Waals surface area contributed by atoms with E-state index in [9.17, 15) is 4.39 Å². The minimum Gasteiger partial charge on any atom is -0.484 e. The zero-order valence-electron chi connectivity index (χ0n) is 6.59. The van der Waals surface area contributed by atoms with Gasteiger partial charge in [0.15, 0.2) is 11.6 Å². The maximum absolute atomic E-state index is 12.9. The summed E-state index contributed by atoms with van der Waals surface area (Å²) in [5.74, 6) is -0.353. The van der Waals surface area contributed by atoms with E-state index in [1.54, 1.807) is 6.07 Å². The summed E-state index contributed by atoms with van der Waals surface area (Å²) in [6.45, 7) is 3.70. The van der Waals surface area contributed by atoms with Gasteiger partial charge in [-0.05, 0) is 12.1 Å². The summed E-state index contributed by atoms with van der Waals surface area (Å²) in [5, 5.41) is 0. The van der Waals surface area contributed by atoms with Crippen molar-refractivity contribution in [2.24, 2.45) is 0 Å². The maximum Gasteiger partial charge on any atom is 0.178 e. The monoisotopic (exact) mass is 167 g/mol. The molecular formula is C9H10FNO. The van der Waals surface area contributed by atoms with E-state index >= 15 is 0 Å². The molecule has 0 spiro atoms. The van der Waals surface area contributed by atoms with E-state index in [2.05, 4.69) is 6.58 Å². The Balaban J connectivity index is 2.88. The van der Waals surface area contributed by atoms with Crippen LogP contribution in [0.3, 0.4) is 0 Å². The summed E-state index contributed by atoms with van der Waals surface area (Å²) in [4.78, 5) is 0. The van der Waals surface area contributed by atoms with Crippen LogP contribution in [-0.2, 0) is 0 Å². The SMILES string of the molecule is C=CCOc1c(N)cccc1F. The molecule has 0 aromatic heterocycles. The topological polar surface area (TPSA) is 35.2 Å². The second-order valence-electron chi connectivity index (χ2n) is 2.26. The first kappa shape index (κ1) is 8.59. The van der Waals surface area contributed by atoms with Gasteiger partial charge in [-0.25, -0.2) is 4.39 Å². The van der Waals surface area contributed by atoms with E-state index < -0.39 is 5.82 Å². The number of benzene rings is 1. The minimum absolute atomic E-state index is 0.0948. The highest BCUT2D eigenvalue weighted by atomic mass is 19.1. The molecule has 0 amide bonds. The number of nitrogens with two attached hydrogens (primary N) is 1. The number of rotatable bonds is 3. The number of anilines is 1. The molecule has 12 heavy (non-hydrogen) atoms. The number of ether oxygens (including phenoxy) is 1. The second-order valence-corrected chi connectivity index (χ2v) is 2.26. The molecule has 0 aliphatic heterocycles. The van der Waals surface area contributed by atoms with E-state index in [-0.39, 0.29) is 12.4 Å². The van der Waals surface area contributed by atoms with E-state index in [0.29, 0.717) is 5.69 Å². The molecule has 0 saturated carbocycles. The number of hydrogen-bond acceptors (Lipinski definition) is 2. The van der Waals surface area contributed by atoms with Crippen LogP contribution in [0.25, 0.3) is 0 Å². The summed E-state index contributed by atoms with van der Waals surface area (Å²) in [6.07, 6.45) is 1.53. The normalized spacial score (nSPS) is 9.42. The molecule has 64 valence electrons. The maximum atomic E-state index is 12.9. The lowest BCUT2D eigenvalue weighted by Gasteiger charge is -2.06. The Bertz CT molecular complexity index is 266. The highest BCUT2D eigenvalue weighted by Crippen LogP contribution is 2.24. The third kappa shape index (κ3) is 1.75. The molecule has 0 aliphatic rings. The van der Waals surface area contributed by atoms with Crippen molar-refractivity contribution in [3.05, 3.63) is 36.7 Å². The Morgan fingerprint density at radius 2 is 2.33 bits per heavy atom. The molecule has 1 aromatic rings. The lowest BCUT2D eigenvalue weighted by atomic mass is 10.3. The summed E-state index contributed by atoms with van der Waals surface area (Å²) in [5.41, 5.74) is 5.77. The number of para-hydroxylation sites is 1. The zero-order valence-corrected chi connectivity index (χ0v) is 6.59. The van der Waals surface area contributed by atoms with Crippen molar-refractivity contribution < 1.29 is 9.13 Å². The number of halogens is 1. The van der Waals surface area contributed by atoms with Crippen LogP contribution in [0.15, 0.2) is 30.9 Å². The van der Waals surface area contributed by atoms with Crippen LogP contribution in [0, 0.1) is 5.82 Å². The van der Waals surface area contributed by atoms with E-state index in [4.69, 9.17) is 10.5 Å². The van der Waals surface area contributed by atoms with Gasteiger partial charge in [0.05, 0.1) is 5.69 Å². The van der Waals surface area contributed by atoms with Crippen molar-refractivity contribution in [1.82, 2.24) is 0 Å². The molecule has 0 aliphatic carbocycles. The third-order valence-corrected chi connectivity index (χ3v) is 1.34. The van der Waals surface area contributed by atoms with Crippen molar-refractivity contribution >= 4 is 5.69 Å². The Labute approximate surface area is 70.5 Å². The van der Waals surface area contributed by atoms with Crippen molar-refractivity contribution in [3.63, 3.8) is 0 Å². The largest absolute Gasteiger partial charge is 0.484 e. The lowest BCUT2D eigenvalue weighted by Crippen LogP contribution is -1.99. The fraction of sp³-hybridized carbons (Fsp3) is 0.111. The number of nitrogen functional groups attached to an aromatic ring is 1. The molecule has 2 N–H and O–H groups in total. The molecule has 2 nitrogen and oxygen atoms in total. The van der Waals surface area contributed by atoms with Crippen LogP contribution < -0.4 is 10.5 Å². The first-order valence-electron chi connectivity index (χ1n) is 3.53. The molecule has 0 heterocycles. The molecule has 3 heteroatoms. The standard InChI is InChI=1S/C9H10FNO/c1-2-6-12-9-7(10)4-3-5-8(9)11/h2-5H,1,6,11H2. The Hall–Kier alpha value is -1.51. The average molecular weight is 167 g/mol. The predicted octanol–water partition coefficient (Wildman–Crippen LogP) is 1.97. The molecule has 0 radical (unpaired) electrons. The van der Waals surface area contributed by atoms with Crippen molar-refractivity contribution in [1.29, 1.82) is 0 Å². The van der Waals surface area contributed by atoms with E-state index in [0.717, 1.165) is 0 Å². The van der Waals surface area contributed by atoms with Gasteiger partial charge in [0.2, 0.25) is 0 Å². The minimum atomic E-state index is -0.447. The summed E-state index contributed by atoms with van der Waals surface area (Å²) < 4.78 is 17.9. The summed E-state index contributed by atoms with van der Waals surface area (Å²) in [6, 6.07) is 4.42. The van der Waals surface area contributed by atoms with E-state index in [1.165, 1.54) is 18.2 Å². The highest BCUT2D eigenvalue weighted by molar-refractivity contribution is 5.52. The van der Waals surface area contributed by atoms with Gasteiger partial charge in [0.25, 0.3) is 0 Å². The Morgan fingerprint density at radius 1 is 1.58 bits per heavy atom. The van der Waals surface area contributed by atoms with Crippen LogP contribution in [0.4, 0.5) is 10.1 Å². The van der Waals surface area contributed by atoms with Gasteiger partial charge >= 0.3 is 0 Å². The van der Waals surface area contributed by atoms with Crippen LogP contribution in [-0.4, -0.2) is 6.61 Å². The molecule has 0 fully saturated rings. The number of hydrogen-bond donors (Lipinski definition) is 1. The average Bonchev–Trinajstić information content (AvgIpc) is 2.04. The van der Waals surface area contributed by atoms with Crippen LogP contribution >= 0.6 is 0 Å². The molecule has 1 rings (SSSR count). The highest BCUT2D eigenvalue weighted by Gasteiger charge is 2.05. The summed E-state index contributed by atoms with van der Waals surface area (Å²) in [7, 11) is 0.